The van der Waals surface area contributed by atoms with Gasteiger partial charge in [-0.25, -0.2) is 4.79 Å². The van der Waals surface area contributed by atoms with E-state index in [-0.39, 0.29) is 5.69 Å². The third-order valence-electron chi connectivity index (χ3n) is 6.21. The molecule has 0 radical (unpaired) electrons. The highest BCUT2D eigenvalue weighted by molar-refractivity contribution is 5.75. The molecule has 2 fully saturated rings. The number of aromatic amines is 1. The molecule has 1 atom stereocenters. The molecule has 4 nitrogen and oxygen atoms in total. The number of hydrogen-bond acceptors (Lipinski definition) is 2. The Bertz CT molecular complexity index is 739. The maximum absolute atomic E-state index is 12.5. The van der Waals surface area contributed by atoms with Crippen LogP contribution in [0.4, 0.5) is 0 Å². The number of aromatic nitrogens is 2. The number of nitrogens with one attached hydrogen (secondary N) is 1. The lowest BCUT2D eigenvalue weighted by atomic mass is 9.90. The molecule has 0 bridgehead atoms. The van der Waals surface area contributed by atoms with E-state index in [2.05, 4.69) is 16.0 Å². The van der Waals surface area contributed by atoms with Gasteiger partial charge in [-0.2, -0.15) is 0 Å². The van der Waals surface area contributed by atoms with Gasteiger partial charge >= 0.3 is 5.69 Å². The van der Waals surface area contributed by atoms with Crippen LogP contribution in [-0.2, 0) is 0 Å². The Balaban J connectivity index is 1.47. The first-order valence-corrected chi connectivity index (χ1v) is 10.2. The summed E-state index contributed by atoms with van der Waals surface area (Å²) in [4.78, 5) is 18.2. The molecule has 2 aliphatic rings. The number of H-pyrrole nitrogens is 1. The Labute approximate surface area is 150 Å². The predicted octanol–water partition coefficient (Wildman–Crippen LogP) is 4.33. The van der Waals surface area contributed by atoms with Crippen LogP contribution in [0.15, 0.2) is 29.1 Å². The van der Waals surface area contributed by atoms with Gasteiger partial charge in [0.2, 0.25) is 0 Å². The standard InChI is InChI=1S/C21H31N3O/c25-21-22-19-12-6-7-13-20(19)24(21)18-11-8-14-23(16-18)15-17-9-4-2-1-3-5-10-17/h6-7,12-13,17-18H,1-5,8-11,14-16H2,(H,22,25). The number of para-hydroxylation sites is 2. The smallest absolute Gasteiger partial charge is 0.306 e. The van der Waals surface area contributed by atoms with E-state index in [1.165, 1.54) is 64.5 Å². The van der Waals surface area contributed by atoms with E-state index >= 15 is 0 Å². The maximum Gasteiger partial charge on any atom is 0.326 e. The fraction of sp³-hybridized carbons (Fsp3) is 0.667. The van der Waals surface area contributed by atoms with E-state index in [0.717, 1.165) is 29.9 Å². The van der Waals surface area contributed by atoms with E-state index in [0.29, 0.717) is 6.04 Å². The fourth-order valence-corrected chi connectivity index (χ4v) is 4.93. The number of likely N-dealkylation sites (tertiary alicyclic amines) is 1. The van der Waals surface area contributed by atoms with Gasteiger partial charge in [0.05, 0.1) is 17.1 Å². The van der Waals surface area contributed by atoms with Crippen LogP contribution in [0, 0.1) is 5.92 Å². The second-order valence-corrected chi connectivity index (χ2v) is 8.08. The highest BCUT2D eigenvalue weighted by Gasteiger charge is 2.26. The Morgan fingerprint density at radius 3 is 2.56 bits per heavy atom. The van der Waals surface area contributed by atoms with Gasteiger partial charge in [0.1, 0.15) is 0 Å². The SMILES string of the molecule is O=c1[nH]c2ccccc2n1C1CCCN(CC2CCCCCCC2)C1. The van der Waals surface area contributed by atoms with Crippen molar-refractivity contribution in [1.82, 2.24) is 14.5 Å². The molecule has 1 aliphatic carbocycles. The second kappa shape index (κ2) is 7.77. The average Bonchev–Trinajstić information content (AvgIpc) is 2.93. The molecule has 2 heterocycles. The fourth-order valence-electron chi connectivity index (χ4n) is 4.93. The Morgan fingerprint density at radius 1 is 0.960 bits per heavy atom. The zero-order valence-corrected chi connectivity index (χ0v) is 15.3. The third-order valence-corrected chi connectivity index (χ3v) is 6.21. The molecular formula is C21H31N3O. The van der Waals surface area contributed by atoms with Crippen LogP contribution in [-0.4, -0.2) is 34.1 Å². The lowest BCUT2D eigenvalue weighted by molar-refractivity contribution is 0.144. The molecule has 25 heavy (non-hydrogen) atoms. The quantitative estimate of drug-likeness (QED) is 0.903. The van der Waals surface area contributed by atoms with Crippen molar-refractivity contribution in [3.05, 3.63) is 34.7 Å². The summed E-state index contributed by atoms with van der Waals surface area (Å²) in [6, 6.07) is 8.40. The van der Waals surface area contributed by atoms with E-state index in [9.17, 15) is 4.79 Å². The summed E-state index contributed by atoms with van der Waals surface area (Å²) in [5.74, 6) is 0.860. The van der Waals surface area contributed by atoms with Gasteiger partial charge in [-0.15, -0.1) is 0 Å². The van der Waals surface area contributed by atoms with Gasteiger partial charge < -0.3 is 9.88 Å². The number of imidazole rings is 1. The number of nitrogens with zero attached hydrogens (tertiary/aromatic N) is 2. The molecule has 1 N–H and O–H groups in total. The molecule has 1 unspecified atom stereocenters. The topological polar surface area (TPSA) is 41.0 Å². The van der Waals surface area contributed by atoms with Crippen LogP contribution < -0.4 is 5.69 Å². The molecule has 1 aromatic heterocycles. The molecule has 4 rings (SSSR count). The van der Waals surface area contributed by atoms with Gasteiger partial charge in [-0.1, -0.05) is 44.2 Å². The van der Waals surface area contributed by atoms with Crippen LogP contribution in [0.5, 0.6) is 0 Å². The van der Waals surface area contributed by atoms with Crippen molar-refractivity contribution in [2.75, 3.05) is 19.6 Å². The number of fused-ring (bicyclic) bond motifs is 1. The van der Waals surface area contributed by atoms with Crippen LogP contribution in [0.3, 0.4) is 0 Å². The maximum atomic E-state index is 12.5. The molecule has 0 amide bonds. The minimum absolute atomic E-state index is 0.0546. The van der Waals surface area contributed by atoms with E-state index in [1.54, 1.807) is 0 Å². The molecule has 1 saturated heterocycles. The lowest BCUT2D eigenvalue weighted by Crippen LogP contribution is -2.41. The lowest BCUT2D eigenvalue weighted by Gasteiger charge is -2.36. The molecule has 1 aromatic carbocycles. The van der Waals surface area contributed by atoms with Gasteiger partial charge in [-0.05, 0) is 50.3 Å². The highest BCUT2D eigenvalue weighted by atomic mass is 16.1. The van der Waals surface area contributed by atoms with E-state index in [4.69, 9.17) is 0 Å². The zero-order chi connectivity index (χ0) is 17.1. The zero-order valence-electron chi connectivity index (χ0n) is 15.3. The Morgan fingerprint density at radius 2 is 1.72 bits per heavy atom. The summed E-state index contributed by atoms with van der Waals surface area (Å²) in [7, 11) is 0. The van der Waals surface area contributed by atoms with E-state index < -0.39 is 0 Å². The first kappa shape index (κ1) is 16.9. The summed E-state index contributed by atoms with van der Waals surface area (Å²) in [5.41, 5.74) is 2.08. The minimum atomic E-state index is 0.0546. The van der Waals surface area contributed by atoms with Crippen molar-refractivity contribution in [2.24, 2.45) is 5.92 Å². The summed E-state index contributed by atoms with van der Waals surface area (Å²) >= 11 is 0. The minimum Gasteiger partial charge on any atom is -0.306 e. The van der Waals surface area contributed by atoms with E-state index in [1.807, 2.05) is 22.8 Å². The van der Waals surface area contributed by atoms with Gasteiger partial charge in [0, 0.05) is 13.1 Å². The third kappa shape index (κ3) is 3.84. The van der Waals surface area contributed by atoms with Crippen molar-refractivity contribution in [1.29, 1.82) is 0 Å². The van der Waals surface area contributed by atoms with Crippen LogP contribution in [0.1, 0.15) is 63.8 Å². The Kier molecular flexibility index (Phi) is 5.25. The number of piperidine rings is 1. The normalized spacial score (nSPS) is 24.2. The summed E-state index contributed by atoms with van der Waals surface area (Å²) < 4.78 is 2.01. The van der Waals surface area contributed by atoms with Crippen LogP contribution >= 0.6 is 0 Å². The second-order valence-electron chi connectivity index (χ2n) is 8.08. The van der Waals surface area contributed by atoms with Crippen molar-refractivity contribution in [2.45, 2.75) is 63.8 Å². The molecule has 4 heteroatoms. The van der Waals surface area contributed by atoms with Crippen LogP contribution in [0.2, 0.25) is 0 Å². The van der Waals surface area contributed by atoms with Gasteiger partial charge in [-0.3, -0.25) is 4.57 Å². The van der Waals surface area contributed by atoms with Crippen molar-refractivity contribution >= 4 is 11.0 Å². The van der Waals surface area contributed by atoms with Gasteiger partial charge in [0.15, 0.2) is 0 Å². The summed E-state index contributed by atoms with van der Waals surface area (Å²) in [6.07, 6.45) is 12.2. The summed E-state index contributed by atoms with van der Waals surface area (Å²) in [6.45, 7) is 3.45. The number of benzene rings is 1. The molecule has 1 saturated carbocycles. The molecule has 0 spiro atoms. The van der Waals surface area contributed by atoms with Gasteiger partial charge in [0.25, 0.3) is 0 Å². The molecule has 136 valence electrons. The first-order chi connectivity index (χ1) is 12.3. The highest BCUT2D eigenvalue weighted by Crippen LogP contribution is 2.27. The largest absolute Gasteiger partial charge is 0.326 e. The molecule has 2 aromatic rings. The predicted molar refractivity (Wildman–Crippen MR) is 103 cm³/mol. The number of hydrogen-bond donors (Lipinski definition) is 1. The average molecular weight is 341 g/mol. The van der Waals surface area contributed by atoms with Crippen molar-refractivity contribution < 1.29 is 0 Å². The van der Waals surface area contributed by atoms with Crippen LogP contribution in [0.25, 0.3) is 11.0 Å². The summed E-state index contributed by atoms with van der Waals surface area (Å²) in [5, 5.41) is 0. The first-order valence-electron chi connectivity index (χ1n) is 10.2. The monoisotopic (exact) mass is 341 g/mol. The molecule has 1 aliphatic heterocycles. The number of rotatable bonds is 3. The Hall–Kier alpha value is -1.55. The van der Waals surface area contributed by atoms with Crippen molar-refractivity contribution in [3.63, 3.8) is 0 Å². The molecular weight excluding hydrogens is 310 g/mol. The van der Waals surface area contributed by atoms with Crippen molar-refractivity contribution in [3.8, 4) is 0 Å².